The summed E-state index contributed by atoms with van der Waals surface area (Å²) in [5.74, 6) is -0.207. The van der Waals surface area contributed by atoms with Crippen molar-refractivity contribution in [2.24, 2.45) is 0 Å². The van der Waals surface area contributed by atoms with Crippen molar-refractivity contribution in [3.05, 3.63) is 29.6 Å². The molecular formula is C10H11FO3. The first kappa shape index (κ1) is 10.7. The van der Waals surface area contributed by atoms with Crippen molar-refractivity contribution in [3.63, 3.8) is 0 Å². The molecule has 1 aromatic rings. The molecule has 0 aliphatic heterocycles. The Kier molecular flexibility index (Phi) is 4.07. The van der Waals surface area contributed by atoms with E-state index < -0.39 is 5.82 Å². The highest BCUT2D eigenvalue weighted by Gasteiger charge is 2.00. The number of halogens is 1. The minimum atomic E-state index is -0.499. The van der Waals surface area contributed by atoms with Crippen LogP contribution in [-0.2, 0) is 4.74 Å². The number of hydrogen-bond donors (Lipinski definition) is 0. The van der Waals surface area contributed by atoms with Crippen LogP contribution in [0.25, 0.3) is 0 Å². The molecule has 3 nitrogen and oxygen atoms in total. The molecule has 14 heavy (non-hydrogen) atoms. The van der Waals surface area contributed by atoms with E-state index in [-0.39, 0.29) is 12.4 Å². The second-order valence-electron chi connectivity index (χ2n) is 2.59. The Morgan fingerprint density at radius 1 is 1.43 bits per heavy atom. The van der Waals surface area contributed by atoms with E-state index in [4.69, 9.17) is 9.47 Å². The van der Waals surface area contributed by atoms with Gasteiger partial charge >= 0.3 is 0 Å². The summed E-state index contributed by atoms with van der Waals surface area (Å²) in [4.78, 5) is 10.4. The Bertz CT molecular complexity index is 312. The predicted molar refractivity (Wildman–Crippen MR) is 48.9 cm³/mol. The van der Waals surface area contributed by atoms with E-state index in [1.165, 1.54) is 12.1 Å². The molecule has 76 valence electrons. The van der Waals surface area contributed by atoms with Crippen molar-refractivity contribution < 1.29 is 18.7 Å². The lowest BCUT2D eigenvalue weighted by molar-refractivity contribution is 0.0222. The number of carbonyl (C=O) groups is 1. The molecule has 0 unspecified atom stereocenters. The quantitative estimate of drug-likeness (QED) is 0.412. The van der Waals surface area contributed by atoms with Crippen LogP contribution in [0.5, 0.6) is 5.75 Å². The Hall–Kier alpha value is -1.42. The van der Waals surface area contributed by atoms with E-state index in [1.54, 1.807) is 0 Å². The van der Waals surface area contributed by atoms with Crippen LogP contribution >= 0.6 is 0 Å². The van der Waals surface area contributed by atoms with Gasteiger partial charge in [-0.05, 0) is 19.1 Å². The molecule has 1 aromatic carbocycles. The lowest BCUT2D eigenvalue weighted by Gasteiger charge is -2.06. The van der Waals surface area contributed by atoms with Crippen LogP contribution in [0, 0.1) is 5.82 Å². The average molecular weight is 198 g/mol. The molecule has 0 spiro atoms. The Labute approximate surface area is 81.4 Å². The monoisotopic (exact) mass is 198 g/mol. The Morgan fingerprint density at radius 3 is 2.86 bits per heavy atom. The molecule has 0 saturated carbocycles. The van der Waals surface area contributed by atoms with E-state index in [0.717, 1.165) is 6.07 Å². The van der Waals surface area contributed by atoms with Gasteiger partial charge in [-0.3, -0.25) is 4.79 Å². The zero-order chi connectivity index (χ0) is 10.4. The molecule has 0 amide bonds. The molecule has 0 aliphatic carbocycles. The summed E-state index contributed by atoms with van der Waals surface area (Å²) in [5, 5.41) is 0. The topological polar surface area (TPSA) is 35.5 Å². The minimum Gasteiger partial charge on any atom is -0.467 e. The molecule has 4 heteroatoms. The summed E-state index contributed by atoms with van der Waals surface area (Å²) in [7, 11) is 0. The van der Waals surface area contributed by atoms with Gasteiger partial charge in [0.2, 0.25) is 0 Å². The molecule has 0 N–H and O–H groups in total. The third-order valence-corrected chi connectivity index (χ3v) is 1.54. The summed E-state index contributed by atoms with van der Waals surface area (Å²) in [6, 6.07) is 3.79. The van der Waals surface area contributed by atoms with Crippen LogP contribution in [0.4, 0.5) is 4.39 Å². The van der Waals surface area contributed by atoms with Crippen LogP contribution in [-0.4, -0.2) is 19.7 Å². The van der Waals surface area contributed by atoms with Crippen molar-refractivity contribution >= 4 is 6.29 Å². The van der Waals surface area contributed by atoms with E-state index in [2.05, 4.69) is 0 Å². The standard InChI is InChI=1S/C10H11FO3/c1-2-13-7-14-10-4-8(6-12)3-9(11)5-10/h3-6H,2,7H2,1H3. The molecule has 0 fully saturated rings. The predicted octanol–water partition coefficient (Wildman–Crippen LogP) is 2.01. The van der Waals surface area contributed by atoms with Gasteiger partial charge in [0.25, 0.3) is 0 Å². The van der Waals surface area contributed by atoms with Gasteiger partial charge in [-0.1, -0.05) is 0 Å². The molecule has 0 radical (unpaired) electrons. The largest absolute Gasteiger partial charge is 0.467 e. The Balaban J connectivity index is 2.66. The van der Waals surface area contributed by atoms with E-state index >= 15 is 0 Å². The molecule has 0 aromatic heterocycles. The van der Waals surface area contributed by atoms with Gasteiger partial charge < -0.3 is 9.47 Å². The van der Waals surface area contributed by atoms with Gasteiger partial charge in [-0.2, -0.15) is 0 Å². The normalized spacial score (nSPS) is 9.86. The second kappa shape index (κ2) is 5.34. The minimum absolute atomic E-state index is 0.0538. The van der Waals surface area contributed by atoms with Crippen molar-refractivity contribution in [2.75, 3.05) is 13.4 Å². The van der Waals surface area contributed by atoms with Crippen LogP contribution in [0.15, 0.2) is 18.2 Å². The highest BCUT2D eigenvalue weighted by atomic mass is 19.1. The Morgan fingerprint density at radius 2 is 2.21 bits per heavy atom. The smallest absolute Gasteiger partial charge is 0.189 e. The zero-order valence-electron chi connectivity index (χ0n) is 7.83. The summed E-state index contributed by atoms with van der Waals surface area (Å²) in [6.07, 6.45) is 0.566. The fraction of sp³-hybridized carbons (Fsp3) is 0.300. The van der Waals surface area contributed by atoms with E-state index in [1.807, 2.05) is 6.92 Å². The van der Waals surface area contributed by atoms with E-state index in [0.29, 0.717) is 18.6 Å². The first-order chi connectivity index (χ1) is 6.76. The average Bonchev–Trinajstić information content (AvgIpc) is 2.17. The van der Waals surface area contributed by atoms with Crippen LogP contribution in [0.3, 0.4) is 0 Å². The maximum atomic E-state index is 12.8. The van der Waals surface area contributed by atoms with Gasteiger partial charge in [-0.25, -0.2) is 4.39 Å². The van der Waals surface area contributed by atoms with Gasteiger partial charge in [0.05, 0.1) is 0 Å². The third kappa shape index (κ3) is 3.14. The van der Waals surface area contributed by atoms with Gasteiger partial charge in [-0.15, -0.1) is 0 Å². The second-order valence-corrected chi connectivity index (χ2v) is 2.59. The molecule has 0 bridgehead atoms. The number of hydrogen-bond acceptors (Lipinski definition) is 3. The number of benzene rings is 1. The SMILES string of the molecule is CCOCOc1cc(F)cc(C=O)c1. The third-order valence-electron chi connectivity index (χ3n) is 1.54. The summed E-state index contributed by atoms with van der Waals surface area (Å²) >= 11 is 0. The van der Waals surface area contributed by atoms with Crippen LogP contribution in [0.1, 0.15) is 17.3 Å². The fourth-order valence-corrected chi connectivity index (χ4v) is 0.929. The molecule has 0 heterocycles. The van der Waals surface area contributed by atoms with Gasteiger partial charge in [0.1, 0.15) is 17.9 Å². The maximum absolute atomic E-state index is 12.8. The maximum Gasteiger partial charge on any atom is 0.189 e. The van der Waals surface area contributed by atoms with Gasteiger partial charge in [0.15, 0.2) is 6.79 Å². The highest BCUT2D eigenvalue weighted by Crippen LogP contribution is 2.15. The zero-order valence-corrected chi connectivity index (χ0v) is 7.83. The fourth-order valence-electron chi connectivity index (χ4n) is 0.929. The summed E-state index contributed by atoms with van der Waals surface area (Å²) < 4.78 is 22.8. The number of carbonyl (C=O) groups excluding carboxylic acids is 1. The van der Waals surface area contributed by atoms with Crippen molar-refractivity contribution in [1.29, 1.82) is 0 Å². The van der Waals surface area contributed by atoms with Crippen molar-refractivity contribution in [3.8, 4) is 5.75 Å². The number of ether oxygens (including phenoxy) is 2. The first-order valence-electron chi connectivity index (χ1n) is 4.22. The first-order valence-corrected chi connectivity index (χ1v) is 4.22. The number of aldehydes is 1. The molecule has 0 saturated heterocycles. The lowest BCUT2D eigenvalue weighted by atomic mass is 10.2. The summed E-state index contributed by atoms with van der Waals surface area (Å²) in [6.45, 7) is 2.40. The highest BCUT2D eigenvalue weighted by molar-refractivity contribution is 5.75. The lowest BCUT2D eigenvalue weighted by Crippen LogP contribution is -2.02. The molecule has 1 rings (SSSR count). The van der Waals surface area contributed by atoms with E-state index in [9.17, 15) is 9.18 Å². The molecular weight excluding hydrogens is 187 g/mol. The van der Waals surface area contributed by atoms with Crippen molar-refractivity contribution in [1.82, 2.24) is 0 Å². The van der Waals surface area contributed by atoms with Crippen molar-refractivity contribution in [2.45, 2.75) is 6.92 Å². The number of rotatable bonds is 5. The molecule has 0 aliphatic rings. The molecule has 0 atom stereocenters. The van der Waals surface area contributed by atoms with Gasteiger partial charge in [0, 0.05) is 18.2 Å². The summed E-state index contributed by atoms with van der Waals surface area (Å²) in [5.41, 5.74) is 0.247. The van der Waals surface area contributed by atoms with Crippen LogP contribution < -0.4 is 4.74 Å². The van der Waals surface area contributed by atoms with Crippen LogP contribution in [0.2, 0.25) is 0 Å².